The second-order valence-corrected chi connectivity index (χ2v) is 7.72. The number of hydrogen-bond donors (Lipinski definition) is 2. The van der Waals surface area contributed by atoms with Gasteiger partial charge in [0.05, 0.1) is 11.7 Å². The maximum Gasteiger partial charge on any atom is 0.219 e. The number of aromatic nitrogens is 3. The number of rotatable bonds is 2. The van der Waals surface area contributed by atoms with Gasteiger partial charge in [-0.1, -0.05) is 18.2 Å². The molecule has 7 nitrogen and oxygen atoms in total. The van der Waals surface area contributed by atoms with Crippen molar-refractivity contribution >= 4 is 22.9 Å². The number of likely N-dealkylation sites (tertiary alicyclic amines) is 1. The fourth-order valence-corrected chi connectivity index (χ4v) is 4.56. The third-order valence-electron chi connectivity index (χ3n) is 6.04. The maximum absolute atomic E-state index is 11.7. The molecule has 1 saturated heterocycles. The second kappa shape index (κ2) is 6.51. The van der Waals surface area contributed by atoms with E-state index >= 15 is 0 Å². The average Bonchev–Trinajstić information content (AvgIpc) is 3.30. The smallest absolute Gasteiger partial charge is 0.219 e. The number of nitrogens with one attached hydrogen (secondary N) is 1. The maximum atomic E-state index is 11.7. The molecule has 0 radical (unpaired) electrons. The van der Waals surface area contributed by atoms with E-state index in [4.69, 9.17) is 10.7 Å². The molecule has 1 amide bonds. The minimum atomic E-state index is 0.0879. The van der Waals surface area contributed by atoms with Crippen molar-refractivity contribution in [3.63, 3.8) is 0 Å². The number of carbonyl (C=O) groups excluding carboxylic acids is 1. The Labute approximate surface area is 163 Å². The first kappa shape index (κ1) is 17.0. The van der Waals surface area contributed by atoms with Crippen molar-refractivity contribution in [2.45, 2.75) is 38.1 Å². The zero-order valence-corrected chi connectivity index (χ0v) is 15.9. The third-order valence-corrected chi connectivity index (χ3v) is 6.04. The molecule has 0 aliphatic carbocycles. The molecule has 2 aliphatic heterocycles. The number of carbonyl (C=O) groups is 1. The normalized spacial score (nSPS) is 19.6. The van der Waals surface area contributed by atoms with Crippen LogP contribution in [0.4, 0.5) is 11.5 Å². The number of nitrogens with zero attached hydrogens (tertiary/aromatic N) is 4. The lowest BCUT2D eigenvalue weighted by Crippen LogP contribution is -2.36. The van der Waals surface area contributed by atoms with E-state index < -0.39 is 0 Å². The van der Waals surface area contributed by atoms with Crippen molar-refractivity contribution in [3.05, 3.63) is 53.7 Å². The van der Waals surface area contributed by atoms with Crippen molar-refractivity contribution in [2.24, 2.45) is 0 Å². The summed E-state index contributed by atoms with van der Waals surface area (Å²) in [6.45, 7) is 3.19. The molecular weight excluding hydrogens is 352 g/mol. The number of nitrogens with two attached hydrogens (primary N) is 1. The van der Waals surface area contributed by atoms with Crippen molar-refractivity contribution in [2.75, 3.05) is 24.1 Å². The van der Waals surface area contributed by atoms with Crippen LogP contribution in [-0.4, -0.2) is 38.3 Å². The highest BCUT2D eigenvalue weighted by Gasteiger charge is 2.31. The largest absolute Gasteiger partial charge is 0.382 e. The summed E-state index contributed by atoms with van der Waals surface area (Å²) in [4.78, 5) is 23.0. The molecule has 3 aromatic rings. The number of nitrogen functional groups attached to an aromatic ring is 1. The van der Waals surface area contributed by atoms with Crippen LogP contribution in [0.5, 0.6) is 0 Å². The van der Waals surface area contributed by atoms with Crippen molar-refractivity contribution in [1.82, 2.24) is 19.3 Å². The number of hydrogen-bond acceptors (Lipinski definition) is 5. The van der Waals surface area contributed by atoms with Gasteiger partial charge in [0.15, 0.2) is 0 Å². The van der Waals surface area contributed by atoms with Gasteiger partial charge in [0.25, 0.3) is 0 Å². The first-order chi connectivity index (χ1) is 13.6. The van der Waals surface area contributed by atoms with E-state index in [1.165, 1.54) is 5.56 Å². The minimum absolute atomic E-state index is 0.0879. The van der Waals surface area contributed by atoms with Crippen molar-refractivity contribution < 1.29 is 4.79 Å². The second-order valence-electron chi connectivity index (χ2n) is 7.72. The zero-order valence-electron chi connectivity index (χ0n) is 15.9. The topological polar surface area (TPSA) is 88.5 Å². The summed E-state index contributed by atoms with van der Waals surface area (Å²) in [5.74, 6) is 1.99. The van der Waals surface area contributed by atoms with Gasteiger partial charge in [-0.25, -0.2) is 9.97 Å². The number of benzene rings is 1. The molecule has 7 heteroatoms. The Morgan fingerprint density at radius 3 is 2.79 bits per heavy atom. The Kier molecular flexibility index (Phi) is 3.96. The van der Waals surface area contributed by atoms with Crippen LogP contribution in [0.3, 0.4) is 0 Å². The fraction of sp³-hybridized carbons (Fsp3) is 0.381. The fourth-order valence-electron chi connectivity index (χ4n) is 4.56. The lowest BCUT2D eigenvalue weighted by atomic mass is 9.96. The third kappa shape index (κ3) is 2.69. The van der Waals surface area contributed by atoms with E-state index in [1.54, 1.807) is 13.1 Å². The van der Waals surface area contributed by atoms with Crippen LogP contribution >= 0.6 is 0 Å². The summed E-state index contributed by atoms with van der Waals surface area (Å²) in [5, 5.41) is 3.60. The Balaban J connectivity index is 1.52. The van der Waals surface area contributed by atoms with Gasteiger partial charge in [0.1, 0.15) is 17.2 Å². The van der Waals surface area contributed by atoms with Gasteiger partial charge in [-0.15, -0.1) is 0 Å². The van der Waals surface area contributed by atoms with Gasteiger partial charge in [-0.2, -0.15) is 0 Å². The first-order valence-corrected chi connectivity index (χ1v) is 9.84. The van der Waals surface area contributed by atoms with Crippen LogP contribution in [0, 0.1) is 0 Å². The molecule has 1 aromatic carbocycles. The standard InChI is InChI=1S/C21H24N6O/c1-13(28)26-9-6-14(7-10-26)21-25-18(19-20(22)23-8-11-27(19)21)17-12-15-4-2-3-5-16(15)24-17/h2-5,8,11,14,17,24H,6-7,9-10,12H2,1H3,(H2,22,23). The molecule has 144 valence electrons. The van der Waals surface area contributed by atoms with Gasteiger partial charge in [-0.05, 0) is 24.5 Å². The number of anilines is 2. The highest BCUT2D eigenvalue weighted by molar-refractivity contribution is 5.74. The van der Waals surface area contributed by atoms with Crippen LogP contribution in [0.25, 0.3) is 5.52 Å². The van der Waals surface area contributed by atoms with E-state index in [0.29, 0.717) is 11.7 Å². The molecule has 2 aliphatic rings. The predicted octanol–water partition coefficient (Wildman–Crippen LogP) is 2.75. The molecule has 1 atom stereocenters. The molecule has 4 heterocycles. The summed E-state index contributed by atoms with van der Waals surface area (Å²) in [5.41, 5.74) is 10.6. The van der Waals surface area contributed by atoms with Gasteiger partial charge >= 0.3 is 0 Å². The molecular formula is C21H24N6O. The van der Waals surface area contributed by atoms with Gasteiger partial charge in [0, 0.05) is 50.4 Å². The molecule has 5 rings (SSSR count). The van der Waals surface area contributed by atoms with Gasteiger partial charge < -0.3 is 16.0 Å². The summed E-state index contributed by atoms with van der Waals surface area (Å²) >= 11 is 0. The monoisotopic (exact) mass is 376 g/mol. The summed E-state index contributed by atoms with van der Waals surface area (Å²) in [6.07, 6.45) is 6.41. The highest BCUT2D eigenvalue weighted by atomic mass is 16.2. The number of para-hydroxylation sites is 1. The van der Waals surface area contributed by atoms with E-state index in [2.05, 4.69) is 32.9 Å². The molecule has 2 aromatic heterocycles. The lowest BCUT2D eigenvalue weighted by Gasteiger charge is -2.30. The quantitative estimate of drug-likeness (QED) is 0.718. The Hall–Kier alpha value is -3.09. The van der Waals surface area contributed by atoms with Gasteiger partial charge in [0.2, 0.25) is 5.91 Å². The average molecular weight is 376 g/mol. The van der Waals surface area contributed by atoms with E-state index in [0.717, 1.165) is 55.1 Å². The molecule has 1 unspecified atom stereocenters. The summed E-state index contributed by atoms with van der Waals surface area (Å²) < 4.78 is 2.11. The van der Waals surface area contributed by atoms with Crippen LogP contribution in [0.15, 0.2) is 36.7 Å². The molecule has 3 N–H and O–H groups in total. The van der Waals surface area contributed by atoms with Crippen molar-refractivity contribution in [3.8, 4) is 0 Å². The number of imidazole rings is 1. The molecule has 28 heavy (non-hydrogen) atoms. The molecule has 1 fully saturated rings. The van der Waals surface area contributed by atoms with Gasteiger partial charge in [-0.3, -0.25) is 9.20 Å². The number of amides is 1. The van der Waals surface area contributed by atoms with Crippen LogP contribution < -0.4 is 11.1 Å². The Morgan fingerprint density at radius 2 is 2.04 bits per heavy atom. The van der Waals surface area contributed by atoms with E-state index in [1.807, 2.05) is 17.2 Å². The van der Waals surface area contributed by atoms with Crippen LogP contribution in [0.2, 0.25) is 0 Å². The number of piperidine rings is 1. The summed E-state index contributed by atoms with van der Waals surface area (Å²) in [7, 11) is 0. The highest BCUT2D eigenvalue weighted by Crippen LogP contribution is 2.38. The minimum Gasteiger partial charge on any atom is -0.382 e. The molecule has 0 bridgehead atoms. The molecule has 0 spiro atoms. The SMILES string of the molecule is CC(=O)N1CCC(c2nc(C3Cc4ccccc4N3)c3c(N)nccn23)CC1. The van der Waals surface area contributed by atoms with Crippen LogP contribution in [0.1, 0.15) is 48.8 Å². The zero-order chi connectivity index (χ0) is 19.3. The summed E-state index contributed by atoms with van der Waals surface area (Å²) in [6, 6.07) is 8.46. The van der Waals surface area contributed by atoms with Crippen LogP contribution in [-0.2, 0) is 11.2 Å². The molecule has 0 saturated carbocycles. The number of fused-ring (bicyclic) bond motifs is 2. The Bertz CT molecular complexity index is 1030. The predicted molar refractivity (Wildman–Crippen MR) is 108 cm³/mol. The Morgan fingerprint density at radius 1 is 1.25 bits per heavy atom. The van der Waals surface area contributed by atoms with E-state index in [9.17, 15) is 4.79 Å². The lowest BCUT2D eigenvalue weighted by molar-refractivity contribution is -0.129. The first-order valence-electron chi connectivity index (χ1n) is 9.84. The van der Waals surface area contributed by atoms with E-state index in [-0.39, 0.29) is 11.9 Å². The van der Waals surface area contributed by atoms with Crippen molar-refractivity contribution in [1.29, 1.82) is 0 Å².